The van der Waals surface area contributed by atoms with Crippen molar-refractivity contribution in [1.82, 2.24) is 14.8 Å². The molecule has 0 saturated carbocycles. The fraction of sp³-hybridized carbons (Fsp3) is 0.292. The van der Waals surface area contributed by atoms with Gasteiger partial charge in [-0.2, -0.15) is 0 Å². The largest absolute Gasteiger partial charge is 0.486 e. The molecule has 4 heterocycles. The second-order valence-corrected chi connectivity index (χ2v) is 10.1. The van der Waals surface area contributed by atoms with Crippen LogP contribution in [0.2, 0.25) is 0 Å². The predicted octanol–water partition coefficient (Wildman–Crippen LogP) is 4.98. The summed E-state index contributed by atoms with van der Waals surface area (Å²) in [4.78, 5) is 13.0. The number of aromatic nitrogens is 3. The lowest BCUT2D eigenvalue weighted by Gasteiger charge is -2.27. The van der Waals surface area contributed by atoms with Gasteiger partial charge in [-0.1, -0.05) is 35.2 Å². The number of nitrogens with zero attached hydrogens (tertiary/aromatic N) is 3. The van der Waals surface area contributed by atoms with Crippen LogP contribution in [0.1, 0.15) is 27.5 Å². The lowest BCUT2D eigenvalue weighted by atomic mass is 10.2. The molecule has 1 aromatic carbocycles. The van der Waals surface area contributed by atoms with Crippen LogP contribution >= 0.6 is 23.1 Å². The van der Waals surface area contributed by atoms with Gasteiger partial charge in [0.15, 0.2) is 27.7 Å². The number of nitrogens with one attached hydrogen (secondary N) is 1. The highest BCUT2D eigenvalue weighted by molar-refractivity contribution is 8.01. The van der Waals surface area contributed by atoms with Crippen molar-refractivity contribution in [3.63, 3.8) is 0 Å². The third kappa shape index (κ3) is 4.97. The molecule has 0 aliphatic carbocycles. The molecule has 1 aliphatic heterocycles. The van der Waals surface area contributed by atoms with Crippen molar-refractivity contribution < 1.29 is 18.7 Å². The van der Waals surface area contributed by atoms with Crippen LogP contribution in [0.15, 0.2) is 57.5 Å². The summed E-state index contributed by atoms with van der Waals surface area (Å²) in [5.74, 6) is 2.71. The molecule has 1 aliphatic rings. The van der Waals surface area contributed by atoms with Gasteiger partial charge >= 0.3 is 0 Å². The number of fused-ring (bicyclic) bond motifs is 1. The zero-order valence-corrected chi connectivity index (χ0v) is 20.4. The molecule has 0 bridgehead atoms. The first-order valence-electron chi connectivity index (χ1n) is 10.9. The third-order valence-electron chi connectivity index (χ3n) is 5.55. The zero-order valence-electron chi connectivity index (χ0n) is 18.8. The summed E-state index contributed by atoms with van der Waals surface area (Å²) in [5, 5.41) is 12.2. The Labute approximate surface area is 205 Å². The lowest BCUT2D eigenvalue weighted by molar-refractivity contribution is 0.0777. The van der Waals surface area contributed by atoms with Gasteiger partial charge in [0.25, 0.3) is 0 Å². The van der Waals surface area contributed by atoms with Crippen molar-refractivity contribution >= 4 is 34.0 Å². The van der Waals surface area contributed by atoms with Crippen molar-refractivity contribution in [2.24, 2.45) is 0 Å². The number of ketones is 1. The summed E-state index contributed by atoms with van der Waals surface area (Å²) < 4.78 is 20.1. The van der Waals surface area contributed by atoms with Crippen LogP contribution in [-0.4, -0.2) is 39.0 Å². The van der Waals surface area contributed by atoms with Crippen LogP contribution in [0.25, 0.3) is 0 Å². The molecule has 0 radical (unpaired) electrons. The number of carbonyl (C=O) groups excluding carboxylic acids is 1. The molecule has 0 fully saturated rings. The number of ether oxygens (including phenoxy) is 2. The number of hydrogen-bond acceptors (Lipinski definition) is 9. The first kappa shape index (κ1) is 22.5. The van der Waals surface area contributed by atoms with Crippen molar-refractivity contribution in [3.8, 4) is 11.5 Å². The number of anilines is 1. The Hall–Kier alpha value is -3.24. The van der Waals surface area contributed by atoms with Gasteiger partial charge < -0.3 is 23.8 Å². The molecule has 34 heavy (non-hydrogen) atoms. The highest BCUT2D eigenvalue weighted by Crippen LogP contribution is 2.32. The zero-order chi connectivity index (χ0) is 23.5. The highest BCUT2D eigenvalue weighted by atomic mass is 32.2. The number of Topliss-reactive ketones (excluding diaryl/α,β-unsaturated/α-hetero) is 1. The molecule has 0 spiro atoms. The highest BCUT2D eigenvalue weighted by Gasteiger charge is 2.24. The van der Waals surface area contributed by atoms with Crippen LogP contribution < -0.4 is 14.8 Å². The van der Waals surface area contributed by atoms with Crippen LogP contribution in [0.5, 0.6) is 11.5 Å². The summed E-state index contributed by atoms with van der Waals surface area (Å²) in [6.45, 7) is 5.62. The minimum absolute atomic E-state index is 0.0656. The van der Waals surface area contributed by atoms with E-state index in [2.05, 4.69) is 20.1 Å². The van der Waals surface area contributed by atoms with Crippen LogP contribution in [0.4, 0.5) is 5.13 Å². The number of rotatable bonds is 9. The summed E-state index contributed by atoms with van der Waals surface area (Å²) in [7, 11) is 0. The van der Waals surface area contributed by atoms with Gasteiger partial charge in [-0.25, -0.2) is 0 Å². The van der Waals surface area contributed by atoms with E-state index in [4.69, 9.17) is 13.9 Å². The number of para-hydroxylation sites is 2. The van der Waals surface area contributed by atoms with E-state index in [0.29, 0.717) is 30.6 Å². The average molecular weight is 497 g/mol. The van der Waals surface area contributed by atoms with E-state index in [9.17, 15) is 4.79 Å². The molecule has 10 heteroatoms. The van der Waals surface area contributed by atoms with Crippen molar-refractivity contribution in [3.05, 3.63) is 71.4 Å². The lowest BCUT2D eigenvalue weighted by Crippen LogP contribution is -2.33. The molecular weight excluding hydrogens is 472 g/mol. The first-order chi connectivity index (χ1) is 16.6. The second-order valence-electron chi connectivity index (χ2n) is 7.91. The molecule has 4 aromatic rings. The van der Waals surface area contributed by atoms with Crippen molar-refractivity contribution in [2.45, 2.75) is 37.4 Å². The van der Waals surface area contributed by atoms with Crippen molar-refractivity contribution in [2.75, 3.05) is 17.7 Å². The molecule has 0 amide bonds. The Kier molecular flexibility index (Phi) is 6.59. The number of hydrogen-bond donors (Lipinski definition) is 1. The average Bonchev–Trinajstić information content (AvgIpc) is 3.59. The predicted molar refractivity (Wildman–Crippen MR) is 131 cm³/mol. The number of furan rings is 1. The molecule has 1 atom stereocenters. The van der Waals surface area contributed by atoms with E-state index in [1.165, 1.54) is 23.1 Å². The number of aryl methyl sites for hydroxylation is 1. The topological polar surface area (TPSA) is 91.4 Å². The molecule has 1 N–H and O–H groups in total. The number of benzene rings is 1. The molecule has 0 saturated heterocycles. The molecule has 176 valence electrons. The van der Waals surface area contributed by atoms with Crippen molar-refractivity contribution in [1.29, 1.82) is 0 Å². The maximum absolute atomic E-state index is 13.0. The Morgan fingerprint density at radius 1 is 1.21 bits per heavy atom. The minimum atomic E-state index is -0.120. The number of thioether (sulfide) groups is 1. The quantitative estimate of drug-likeness (QED) is 0.256. The minimum Gasteiger partial charge on any atom is -0.486 e. The summed E-state index contributed by atoms with van der Waals surface area (Å²) in [5.41, 5.74) is 2.68. The van der Waals surface area contributed by atoms with Gasteiger partial charge in [0.05, 0.1) is 25.1 Å². The molecule has 3 aromatic heterocycles. The molecular formula is C24H24N4O4S2. The summed E-state index contributed by atoms with van der Waals surface area (Å²) in [6.07, 6.45) is 1.51. The number of carbonyl (C=O) groups is 1. The van der Waals surface area contributed by atoms with E-state index in [1.54, 1.807) is 6.26 Å². The van der Waals surface area contributed by atoms with Gasteiger partial charge in [-0.15, -0.1) is 10.2 Å². The van der Waals surface area contributed by atoms with E-state index in [1.807, 2.05) is 56.3 Å². The van der Waals surface area contributed by atoms with E-state index >= 15 is 0 Å². The van der Waals surface area contributed by atoms with E-state index in [0.717, 1.165) is 38.6 Å². The van der Waals surface area contributed by atoms with Gasteiger partial charge in [-0.3, -0.25) is 4.79 Å². The monoisotopic (exact) mass is 496 g/mol. The Bertz CT molecular complexity index is 1280. The smallest absolute Gasteiger partial charge is 0.206 e. The Morgan fingerprint density at radius 2 is 2.06 bits per heavy atom. The summed E-state index contributed by atoms with van der Waals surface area (Å²) >= 11 is 2.82. The van der Waals surface area contributed by atoms with Gasteiger partial charge in [0.2, 0.25) is 5.13 Å². The maximum atomic E-state index is 13.0. The standard InChI is InChI=1S/C24H24N4O4S2/c1-15-10-19(16(2)28(15)12-18-13-31-21-7-3-4-8-22(21)32-18)20(29)14-33-24-27-26-23(34-24)25-11-17-6-5-9-30-17/h3-10,18H,11-14H2,1-2H3,(H,25,26)/t18-/m0/s1. The van der Waals surface area contributed by atoms with E-state index < -0.39 is 0 Å². The molecule has 8 nitrogen and oxygen atoms in total. The Balaban J connectivity index is 1.18. The Morgan fingerprint density at radius 3 is 2.88 bits per heavy atom. The van der Waals surface area contributed by atoms with Crippen LogP contribution in [0, 0.1) is 13.8 Å². The SMILES string of the molecule is Cc1cc(C(=O)CSc2nnc(NCc3ccco3)s2)c(C)n1C[C@H]1COc2ccccc2O1. The molecule has 5 rings (SSSR count). The summed E-state index contributed by atoms with van der Waals surface area (Å²) in [6, 6.07) is 13.4. The van der Waals surface area contributed by atoms with E-state index in [-0.39, 0.29) is 11.9 Å². The van der Waals surface area contributed by atoms with Crippen LogP contribution in [-0.2, 0) is 13.1 Å². The second kappa shape index (κ2) is 9.94. The fourth-order valence-electron chi connectivity index (χ4n) is 3.84. The van der Waals surface area contributed by atoms with Gasteiger partial charge in [0.1, 0.15) is 12.4 Å². The normalized spacial score (nSPS) is 14.8. The van der Waals surface area contributed by atoms with Gasteiger partial charge in [-0.05, 0) is 44.2 Å². The molecule has 0 unspecified atom stereocenters. The third-order valence-corrected chi connectivity index (χ3v) is 7.57. The first-order valence-corrected chi connectivity index (χ1v) is 12.7. The van der Waals surface area contributed by atoms with Gasteiger partial charge in [0, 0.05) is 17.0 Å². The maximum Gasteiger partial charge on any atom is 0.206 e. The fourth-order valence-corrected chi connectivity index (χ4v) is 5.47. The van der Waals surface area contributed by atoms with Crippen LogP contribution in [0.3, 0.4) is 0 Å².